The first kappa shape index (κ1) is 16.9. The SMILES string of the molecule is O=C(CCI)Oc1c(I)cc(I)cc1COCO. The quantitative estimate of drug-likeness (QED) is 0.183. The molecule has 0 aliphatic carbocycles. The van der Waals surface area contributed by atoms with Gasteiger partial charge in [-0.1, -0.05) is 22.6 Å². The number of aliphatic hydroxyl groups excluding tert-OH is 1. The molecule has 7 heteroatoms. The summed E-state index contributed by atoms with van der Waals surface area (Å²) in [5.41, 5.74) is 0.766. The zero-order valence-corrected chi connectivity index (χ0v) is 15.8. The van der Waals surface area contributed by atoms with Gasteiger partial charge in [0.1, 0.15) is 12.5 Å². The third-order valence-corrected chi connectivity index (χ3v) is 3.91. The third-order valence-electron chi connectivity index (χ3n) is 1.95. The number of esters is 1. The molecule has 0 radical (unpaired) electrons. The van der Waals surface area contributed by atoms with Crippen molar-refractivity contribution in [3.63, 3.8) is 0 Å². The van der Waals surface area contributed by atoms with Crippen LogP contribution >= 0.6 is 67.8 Å². The molecule has 1 aromatic rings. The predicted octanol–water partition coefficient (Wildman–Crippen LogP) is 3.09. The van der Waals surface area contributed by atoms with Crippen LogP contribution in [-0.4, -0.2) is 22.3 Å². The Bertz CT molecular complexity index is 423. The second kappa shape index (κ2) is 8.87. The Morgan fingerprint density at radius 3 is 2.67 bits per heavy atom. The summed E-state index contributed by atoms with van der Waals surface area (Å²) in [5.74, 6) is 0.271. The number of benzene rings is 1. The van der Waals surface area contributed by atoms with Crippen molar-refractivity contribution in [1.82, 2.24) is 0 Å². The van der Waals surface area contributed by atoms with Crippen molar-refractivity contribution in [2.45, 2.75) is 13.0 Å². The Morgan fingerprint density at radius 2 is 2.06 bits per heavy atom. The van der Waals surface area contributed by atoms with Gasteiger partial charge in [-0.3, -0.25) is 4.79 Å². The van der Waals surface area contributed by atoms with E-state index in [4.69, 9.17) is 14.6 Å². The van der Waals surface area contributed by atoms with E-state index in [9.17, 15) is 4.79 Å². The molecular weight excluding hydrogens is 577 g/mol. The Morgan fingerprint density at radius 1 is 1.33 bits per heavy atom. The van der Waals surface area contributed by atoms with Crippen molar-refractivity contribution < 1.29 is 19.4 Å². The minimum atomic E-state index is -0.358. The van der Waals surface area contributed by atoms with Crippen molar-refractivity contribution in [3.8, 4) is 5.75 Å². The Labute approximate surface area is 146 Å². The molecule has 0 aliphatic heterocycles. The number of rotatable bonds is 6. The standard InChI is InChI=1S/C11H11I3O4/c12-2-1-10(16)18-11-7(5-17-6-15)3-8(13)4-9(11)14/h3-4,15H,1-2,5-6H2. The van der Waals surface area contributed by atoms with Crippen molar-refractivity contribution in [2.75, 3.05) is 11.2 Å². The molecule has 1 aromatic carbocycles. The summed E-state index contributed by atoms with van der Waals surface area (Å²) in [7, 11) is 0. The molecule has 0 saturated carbocycles. The molecule has 0 aliphatic rings. The number of aliphatic hydroxyl groups is 1. The van der Waals surface area contributed by atoms with Crippen molar-refractivity contribution in [3.05, 3.63) is 24.8 Å². The molecular formula is C11H11I3O4. The van der Waals surface area contributed by atoms with Gasteiger partial charge in [0.25, 0.3) is 0 Å². The van der Waals surface area contributed by atoms with Gasteiger partial charge in [0.05, 0.1) is 16.6 Å². The second-order valence-corrected chi connectivity index (χ2v) is 6.75. The molecule has 100 valence electrons. The molecule has 4 nitrogen and oxygen atoms in total. The molecule has 1 N–H and O–H groups in total. The fourth-order valence-corrected chi connectivity index (χ4v) is 3.75. The maximum absolute atomic E-state index is 11.6. The van der Waals surface area contributed by atoms with Gasteiger partial charge in [-0.15, -0.1) is 0 Å². The van der Waals surface area contributed by atoms with Crippen LogP contribution in [0.1, 0.15) is 12.0 Å². The maximum atomic E-state index is 11.6. The number of halogens is 3. The largest absolute Gasteiger partial charge is 0.425 e. The average Bonchev–Trinajstić information content (AvgIpc) is 2.30. The summed E-state index contributed by atoms with van der Waals surface area (Å²) in [6.07, 6.45) is 0.378. The smallest absolute Gasteiger partial charge is 0.312 e. The Hall–Kier alpha value is 0.800. The average molecular weight is 588 g/mol. The van der Waals surface area contributed by atoms with Gasteiger partial charge in [0.2, 0.25) is 0 Å². The van der Waals surface area contributed by atoms with Crippen molar-refractivity contribution in [1.29, 1.82) is 0 Å². The highest BCUT2D eigenvalue weighted by Gasteiger charge is 2.14. The van der Waals surface area contributed by atoms with Crippen LogP contribution in [0.4, 0.5) is 0 Å². The van der Waals surface area contributed by atoms with Crippen LogP contribution in [0.2, 0.25) is 0 Å². The lowest BCUT2D eigenvalue weighted by Gasteiger charge is -2.12. The molecule has 0 heterocycles. The monoisotopic (exact) mass is 588 g/mol. The second-order valence-electron chi connectivity index (χ2n) is 3.27. The van der Waals surface area contributed by atoms with E-state index in [1.807, 2.05) is 12.1 Å². The zero-order valence-electron chi connectivity index (χ0n) is 9.29. The number of ether oxygens (including phenoxy) is 2. The Balaban J connectivity index is 2.95. The van der Waals surface area contributed by atoms with Gasteiger partial charge >= 0.3 is 5.97 Å². The third kappa shape index (κ3) is 5.43. The van der Waals surface area contributed by atoms with Crippen LogP contribution < -0.4 is 4.74 Å². The predicted molar refractivity (Wildman–Crippen MR) is 92.9 cm³/mol. The van der Waals surface area contributed by atoms with Gasteiger partial charge in [0.15, 0.2) is 0 Å². The number of hydrogen-bond donors (Lipinski definition) is 1. The van der Waals surface area contributed by atoms with Crippen molar-refractivity contribution in [2.24, 2.45) is 0 Å². The molecule has 0 bridgehead atoms. The summed E-state index contributed by atoms with van der Waals surface area (Å²) < 4.78 is 12.9. The van der Waals surface area contributed by atoms with Gasteiger partial charge in [0, 0.05) is 13.6 Å². The van der Waals surface area contributed by atoms with E-state index in [1.54, 1.807) is 0 Å². The zero-order chi connectivity index (χ0) is 13.5. The summed E-state index contributed by atoms with van der Waals surface area (Å²) in [4.78, 5) is 11.6. The van der Waals surface area contributed by atoms with Gasteiger partial charge in [-0.2, -0.15) is 0 Å². The normalized spacial score (nSPS) is 10.4. The number of carbonyl (C=O) groups is 1. The number of carbonyl (C=O) groups excluding carboxylic acids is 1. The molecule has 0 atom stereocenters. The number of hydrogen-bond acceptors (Lipinski definition) is 4. The van der Waals surface area contributed by atoms with Gasteiger partial charge in [-0.05, 0) is 57.3 Å². The minimum absolute atomic E-state index is 0.218. The molecule has 0 fully saturated rings. The highest BCUT2D eigenvalue weighted by atomic mass is 127. The number of alkyl halides is 1. The minimum Gasteiger partial charge on any atom is -0.425 e. The van der Waals surface area contributed by atoms with Crippen LogP contribution in [-0.2, 0) is 16.1 Å². The molecule has 0 saturated heterocycles. The van der Waals surface area contributed by atoms with Crippen LogP contribution in [0, 0.1) is 7.14 Å². The first-order valence-electron chi connectivity index (χ1n) is 5.01. The highest BCUT2D eigenvalue weighted by Crippen LogP contribution is 2.29. The molecule has 0 aromatic heterocycles. The molecule has 1 rings (SSSR count). The van der Waals surface area contributed by atoms with Gasteiger partial charge < -0.3 is 14.6 Å². The molecule has 0 spiro atoms. The van der Waals surface area contributed by atoms with E-state index in [1.165, 1.54) is 0 Å². The van der Waals surface area contributed by atoms with E-state index in [0.717, 1.165) is 17.1 Å². The summed E-state index contributed by atoms with van der Waals surface area (Å²) >= 11 is 6.44. The highest BCUT2D eigenvalue weighted by molar-refractivity contribution is 14.1. The van der Waals surface area contributed by atoms with E-state index >= 15 is 0 Å². The van der Waals surface area contributed by atoms with Gasteiger partial charge in [-0.25, -0.2) is 0 Å². The fraction of sp³-hybridized carbons (Fsp3) is 0.364. The lowest BCUT2D eigenvalue weighted by atomic mass is 10.2. The first-order valence-corrected chi connectivity index (χ1v) is 8.70. The Kier molecular flexibility index (Phi) is 8.30. The van der Waals surface area contributed by atoms with Crippen molar-refractivity contribution >= 4 is 73.7 Å². The lowest BCUT2D eigenvalue weighted by Crippen LogP contribution is -2.11. The molecule has 18 heavy (non-hydrogen) atoms. The first-order chi connectivity index (χ1) is 8.58. The summed E-state index contributed by atoms with van der Waals surface area (Å²) in [6.45, 7) is -0.140. The maximum Gasteiger partial charge on any atom is 0.312 e. The van der Waals surface area contributed by atoms with Crippen LogP contribution in [0.15, 0.2) is 12.1 Å². The molecule has 0 amide bonds. The van der Waals surface area contributed by atoms with Crippen LogP contribution in [0.5, 0.6) is 5.75 Å². The summed E-state index contributed by atoms with van der Waals surface area (Å²) in [6, 6.07) is 3.81. The molecule has 0 unspecified atom stereocenters. The van der Waals surface area contributed by atoms with E-state index in [0.29, 0.717) is 12.2 Å². The van der Waals surface area contributed by atoms with Crippen LogP contribution in [0.25, 0.3) is 0 Å². The van der Waals surface area contributed by atoms with Crippen LogP contribution in [0.3, 0.4) is 0 Å². The van der Waals surface area contributed by atoms with E-state index in [2.05, 4.69) is 67.8 Å². The van der Waals surface area contributed by atoms with E-state index in [-0.39, 0.29) is 19.4 Å². The van der Waals surface area contributed by atoms with E-state index < -0.39 is 0 Å². The lowest BCUT2D eigenvalue weighted by molar-refractivity contribution is -0.134. The summed E-state index contributed by atoms with van der Waals surface area (Å²) in [5, 5.41) is 8.69. The fourth-order valence-electron chi connectivity index (χ4n) is 1.23. The topological polar surface area (TPSA) is 55.8 Å².